The molecule has 156 valence electrons. The number of para-hydroxylation sites is 1. The number of pyridine rings is 1. The van der Waals surface area contributed by atoms with E-state index >= 15 is 0 Å². The van der Waals surface area contributed by atoms with Crippen LogP contribution < -0.4 is 4.74 Å². The van der Waals surface area contributed by atoms with Crippen LogP contribution in [-0.2, 0) is 9.53 Å². The van der Waals surface area contributed by atoms with Crippen LogP contribution in [0.4, 0.5) is 0 Å². The molecule has 0 bridgehead atoms. The van der Waals surface area contributed by atoms with Crippen LogP contribution in [0.25, 0.3) is 0 Å². The van der Waals surface area contributed by atoms with Gasteiger partial charge >= 0.3 is 5.97 Å². The fraction of sp³-hybridized carbons (Fsp3) is 0.240. The van der Waals surface area contributed by atoms with Crippen LogP contribution in [0.2, 0.25) is 5.02 Å². The Morgan fingerprint density at radius 3 is 2.52 bits per heavy atom. The van der Waals surface area contributed by atoms with Crippen molar-refractivity contribution in [2.75, 3.05) is 0 Å². The molecular formula is C25H21ClN2O3. The maximum atomic E-state index is 12.9. The molecule has 6 heteroatoms. The van der Waals surface area contributed by atoms with Crippen molar-refractivity contribution in [2.45, 2.75) is 25.9 Å². The average molecular weight is 433 g/mol. The van der Waals surface area contributed by atoms with E-state index < -0.39 is 6.10 Å². The molecule has 3 atom stereocenters. The standard InChI is InChI=1S/C25H21ClN2O3/c1-25(2)22(16-8-10-18(26)11-9-16)23(25)24(29)31-20(15-27)17-12-13-28-21(14-17)30-19-6-4-3-5-7-19/h3-14,20,22-23H,1-2H3/t20?,22-,23+/m1/s1. The highest BCUT2D eigenvalue weighted by Gasteiger charge is 2.63. The van der Waals surface area contributed by atoms with Gasteiger partial charge < -0.3 is 9.47 Å². The smallest absolute Gasteiger partial charge is 0.311 e. The summed E-state index contributed by atoms with van der Waals surface area (Å²) in [6.45, 7) is 4.05. The van der Waals surface area contributed by atoms with Crippen LogP contribution >= 0.6 is 11.6 Å². The largest absolute Gasteiger partial charge is 0.442 e. The summed E-state index contributed by atoms with van der Waals surface area (Å²) in [6.07, 6.45) is 0.486. The molecule has 1 unspecified atom stereocenters. The molecular weight excluding hydrogens is 412 g/mol. The summed E-state index contributed by atoms with van der Waals surface area (Å²) in [5.41, 5.74) is 1.29. The summed E-state index contributed by atoms with van der Waals surface area (Å²) in [5.74, 6) is 0.255. The Kier molecular flexibility index (Phi) is 5.67. The SMILES string of the molecule is CC1(C)[C@H](C(=O)OC(C#N)c2ccnc(Oc3ccccc3)c2)[C@H]1c1ccc(Cl)cc1. The summed E-state index contributed by atoms with van der Waals surface area (Å²) in [5, 5.41) is 10.3. The molecule has 1 fully saturated rings. The van der Waals surface area contributed by atoms with Gasteiger partial charge in [-0.2, -0.15) is 5.26 Å². The van der Waals surface area contributed by atoms with Gasteiger partial charge in [0.1, 0.15) is 11.8 Å². The van der Waals surface area contributed by atoms with Crippen molar-refractivity contribution in [2.24, 2.45) is 11.3 Å². The van der Waals surface area contributed by atoms with Gasteiger partial charge in [0.2, 0.25) is 12.0 Å². The zero-order chi connectivity index (χ0) is 22.0. The molecule has 2 aromatic carbocycles. The Balaban J connectivity index is 1.48. The number of rotatable bonds is 6. The molecule has 1 heterocycles. The maximum absolute atomic E-state index is 12.9. The van der Waals surface area contributed by atoms with E-state index in [1.165, 1.54) is 6.20 Å². The minimum absolute atomic E-state index is 0.0195. The normalized spacial score (nSPS) is 19.7. The van der Waals surface area contributed by atoms with E-state index in [0.717, 1.165) is 5.56 Å². The summed E-state index contributed by atoms with van der Waals surface area (Å²) < 4.78 is 11.3. The number of carbonyl (C=O) groups is 1. The van der Waals surface area contributed by atoms with Gasteiger partial charge in [-0.1, -0.05) is 55.8 Å². The third-order valence-corrected chi connectivity index (χ3v) is 5.94. The zero-order valence-electron chi connectivity index (χ0n) is 17.2. The van der Waals surface area contributed by atoms with Gasteiger partial charge in [-0.3, -0.25) is 4.79 Å². The second-order valence-corrected chi connectivity index (χ2v) is 8.55. The molecule has 0 saturated heterocycles. The molecule has 3 aromatic rings. The third-order valence-electron chi connectivity index (χ3n) is 5.69. The summed E-state index contributed by atoms with van der Waals surface area (Å²) in [4.78, 5) is 17.1. The topological polar surface area (TPSA) is 72.2 Å². The van der Waals surface area contributed by atoms with E-state index in [9.17, 15) is 10.1 Å². The monoisotopic (exact) mass is 432 g/mol. The Morgan fingerprint density at radius 1 is 1.13 bits per heavy atom. The summed E-state index contributed by atoms with van der Waals surface area (Å²) in [7, 11) is 0. The first-order valence-corrected chi connectivity index (χ1v) is 10.3. The maximum Gasteiger partial charge on any atom is 0.311 e. The Morgan fingerprint density at radius 2 is 1.84 bits per heavy atom. The van der Waals surface area contributed by atoms with Crippen LogP contribution in [0, 0.1) is 22.7 Å². The van der Waals surface area contributed by atoms with Crippen molar-refractivity contribution >= 4 is 17.6 Å². The van der Waals surface area contributed by atoms with Crippen LogP contribution in [-0.4, -0.2) is 11.0 Å². The van der Waals surface area contributed by atoms with E-state index in [4.69, 9.17) is 21.1 Å². The van der Waals surface area contributed by atoms with Gasteiger partial charge in [-0.15, -0.1) is 0 Å². The Labute approximate surface area is 186 Å². The predicted molar refractivity (Wildman–Crippen MR) is 117 cm³/mol. The molecule has 4 rings (SSSR count). The molecule has 0 aliphatic heterocycles. The van der Waals surface area contributed by atoms with Gasteiger partial charge in [0.05, 0.1) is 5.92 Å². The number of hydrogen-bond donors (Lipinski definition) is 0. The molecule has 1 aliphatic carbocycles. The number of ether oxygens (including phenoxy) is 2. The molecule has 1 aromatic heterocycles. The van der Waals surface area contributed by atoms with Crippen molar-refractivity contribution in [3.8, 4) is 17.7 Å². The molecule has 0 N–H and O–H groups in total. The van der Waals surface area contributed by atoms with Crippen molar-refractivity contribution in [3.63, 3.8) is 0 Å². The van der Waals surface area contributed by atoms with Crippen LogP contribution in [0.1, 0.15) is 37.0 Å². The fourth-order valence-corrected chi connectivity index (χ4v) is 4.11. The second-order valence-electron chi connectivity index (χ2n) is 8.12. The number of nitriles is 1. The van der Waals surface area contributed by atoms with Gasteiger partial charge in [0.15, 0.2) is 0 Å². The van der Waals surface area contributed by atoms with Gasteiger partial charge in [0, 0.05) is 28.8 Å². The van der Waals surface area contributed by atoms with Crippen molar-refractivity contribution in [1.82, 2.24) is 4.98 Å². The number of nitrogens with zero attached hydrogens (tertiary/aromatic N) is 2. The quantitative estimate of drug-likeness (QED) is 0.441. The highest BCUT2D eigenvalue weighted by Crippen LogP contribution is 2.65. The summed E-state index contributed by atoms with van der Waals surface area (Å²) in [6, 6.07) is 22.0. The van der Waals surface area contributed by atoms with E-state index in [-0.39, 0.29) is 23.2 Å². The minimum atomic E-state index is -1.05. The molecule has 0 amide bonds. The van der Waals surface area contributed by atoms with Crippen LogP contribution in [0.15, 0.2) is 72.9 Å². The molecule has 0 radical (unpaired) electrons. The lowest BCUT2D eigenvalue weighted by Gasteiger charge is -2.13. The Bertz CT molecular complexity index is 1120. The molecule has 0 spiro atoms. The first kappa shape index (κ1) is 20.9. The van der Waals surface area contributed by atoms with Crippen molar-refractivity contribution < 1.29 is 14.3 Å². The first-order chi connectivity index (χ1) is 14.9. The van der Waals surface area contributed by atoms with Gasteiger partial charge in [0.25, 0.3) is 0 Å². The molecule has 5 nitrogen and oxygen atoms in total. The molecule has 1 aliphatic rings. The number of benzene rings is 2. The number of hydrogen-bond acceptors (Lipinski definition) is 5. The Hall–Kier alpha value is -3.36. The zero-order valence-corrected chi connectivity index (χ0v) is 17.9. The van der Waals surface area contributed by atoms with Crippen LogP contribution in [0.3, 0.4) is 0 Å². The van der Waals surface area contributed by atoms with Crippen molar-refractivity contribution in [3.05, 3.63) is 89.1 Å². The second kappa shape index (κ2) is 8.41. The molecule has 1 saturated carbocycles. The molecule has 31 heavy (non-hydrogen) atoms. The van der Waals surface area contributed by atoms with Gasteiger partial charge in [-0.05, 0) is 41.3 Å². The minimum Gasteiger partial charge on any atom is -0.442 e. The highest BCUT2D eigenvalue weighted by molar-refractivity contribution is 6.30. The van der Waals surface area contributed by atoms with E-state index in [2.05, 4.69) is 11.1 Å². The van der Waals surface area contributed by atoms with E-state index in [1.807, 2.05) is 68.4 Å². The lowest BCUT2D eigenvalue weighted by molar-refractivity contribution is -0.149. The average Bonchev–Trinajstić information content (AvgIpc) is 3.35. The number of carbonyl (C=O) groups excluding carboxylic acids is 1. The number of halogens is 1. The third kappa shape index (κ3) is 4.40. The number of aromatic nitrogens is 1. The summed E-state index contributed by atoms with van der Waals surface area (Å²) >= 11 is 5.98. The number of esters is 1. The fourth-order valence-electron chi connectivity index (χ4n) is 3.98. The van der Waals surface area contributed by atoms with E-state index in [1.54, 1.807) is 12.1 Å². The van der Waals surface area contributed by atoms with Crippen LogP contribution in [0.5, 0.6) is 11.6 Å². The highest BCUT2D eigenvalue weighted by atomic mass is 35.5. The predicted octanol–water partition coefficient (Wildman–Crippen LogP) is 6.07. The first-order valence-electron chi connectivity index (χ1n) is 9.94. The lowest BCUT2D eigenvalue weighted by atomic mass is 10.0. The van der Waals surface area contributed by atoms with Crippen molar-refractivity contribution in [1.29, 1.82) is 5.26 Å². The van der Waals surface area contributed by atoms with E-state index in [0.29, 0.717) is 22.2 Å². The lowest BCUT2D eigenvalue weighted by Crippen LogP contribution is -2.14. The van der Waals surface area contributed by atoms with Gasteiger partial charge in [-0.25, -0.2) is 4.98 Å².